The zero-order valence-corrected chi connectivity index (χ0v) is 9.41. The van der Waals surface area contributed by atoms with Crippen LogP contribution in [0, 0.1) is 5.41 Å². The van der Waals surface area contributed by atoms with E-state index in [4.69, 9.17) is 0 Å². The lowest BCUT2D eigenvalue weighted by Gasteiger charge is -2.28. The van der Waals surface area contributed by atoms with Gasteiger partial charge in [0, 0.05) is 0 Å². The largest absolute Gasteiger partial charge is 0.465 e. The molecule has 82 valence electrons. The van der Waals surface area contributed by atoms with Crippen LogP contribution in [0.1, 0.15) is 34.1 Å². The molecule has 3 nitrogen and oxygen atoms in total. The third-order valence-corrected chi connectivity index (χ3v) is 2.26. The van der Waals surface area contributed by atoms with Gasteiger partial charge in [0.2, 0.25) is 0 Å². The number of rotatable bonds is 6. The van der Waals surface area contributed by atoms with Gasteiger partial charge in [-0.25, -0.2) is 0 Å². The highest BCUT2D eigenvalue weighted by Crippen LogP contribution is 2.26. The summed E-state index contributed by atoms with van der Waals surface area (Å²) < 4.78 is 4.54. The lowest BCUT2D eigenvalue weighted by molar-refractivity contribution is -0.133. The van der Waals surface area contributed by atoms with E-state index in [1.165, 1.54) is 5.57 Å². The molecule has 0 aliphatic heterocycles. The maximum absolute atomic E-state index is 9.96. The number of ether oxygens (including phenoxy) is 1. The molecule has 1 atom stereocenters. The van der Waals surface area contributed by atoms with Gasteiger partial charge in [0.25, 0.3) is 6.47 Å². The maximum atomic E-state index is 9.96. The second-order valence-corrected chi connectivity index (χ2v) is 4.42. The number of carbonyl (C=O) groups is 1. The molecule has 0 aromatic heterocycles. The van der Waals surface area contributed by atoms with E-state index in [1.54, 1.807) is 0 Å². The number of aliphatic hydroxyl groups excluding tert-OH is 1. The maximum Gasteiger partial charge on any atom is 0.293 e. The average molecular weight is 200 g/mol. The van der Waals surface area contributed by atoms with Crippen LogP contribution in [0.3, 0.4) is 0 Å². The van der Waals surface area contributed by atoms with Crippen molar-refractivity contribution in [3.05, 3.63) is 11.6 Å². The Morgan fingerprint density at radius 3 is 2.50 bits per heavy atom. The molecule has 0 spiro atoms. The van der Waals surface area contributed by atoms with E-state index < -0.39 is 6.10 Å². The second kappa shape index (κ2) is 5.81. The minimum atomic E-state index is -0.622. The Balaban J connectivity index is 4.14. The number of carbonyl (C=O) groups excluding carboxylic acids is 1. The SMILES string of the molecule is CC(C)=CCC(C)(C)C(O)COC=O. The van der Waals surface area contributed by atoms with Gasteiger partial charge in [-0.1, -0.05) is 25.5 Å². The molecule has 0 rings (SSSR count). The van der Waals surface area contributed by atoms with Crippen LogP contribution in [0.5, 0.6) is 0 Å². The van der Waals surface area contributed by atoms with E-state index in [1.807, 2.05) is 27.7 Å². The fraction of sp³-hybridized carbons (Fsp3) is 0.727. The minimum absolute atomic E-state index is 0.0626. The Morgan fingerprint density at radius 1 is 1.50 bits per heavy atom. The monoisotopic (exact) mass is 200 g/mol. The van der Waals surface area contributed by atoms with Crippen molar-refractivity contribution in [1.82, 2.24) is 0 Å². The van der Waals surface area contributed by atoms with Gasteiger partial charge in [0.15, 0.2) is 0 Å². The second-order valence-electron chi connectivity index (χ2n) is 4.42. The van der Waals surface area contributed by atoms with Gasteiger partial charge in [0.1, 0.15) is 6.61 Å². The Morgan fingerprint density at radius 2 is 2.07 bits per heavy atom. The summed E-state index contributed by atoms with van der Waals surface area (Å²) >= 11 is 0. The molecule has 1 N–H and O–H groups in total. The van der Waals surface area contributed by atoms with Gasteiger partial charge in [-0.15, -0.1) is 0 Å². The van der Waals surface area contributed by atoms with E-state index in [0.717, 1.165) is 6.42 Å². The molecule has 14 heavy (non-hydrogen) atoms. The van der Waals surface area contributed by atoms with Crippen molar-refractivity contribution < 1.29 is 14.6 Å². The molecule has 0 bridgehead atoms. The highest BCUT2D eigenvalue weighted by atomic mass is 16.5. The predicted molar refractivity (Wildman–Crippen MR) is 55.9 cm³/mol. The Bertz CT molecular complexity index is 203. The first-order chi connectivity index (χ1) is 6.40. The molecule has 0 fully saturated rings. The van der Waals surface area contributed by atoms with E-state index in [0.29, 0.717) is 6.47 Å². The molecule has 3 heteroatoms. The van der Waals surface area contributed by atoms with Crippen LogP contribution < -0.4 is 0 Å². The molecule has 0 aliphatic carbocycles. The van der Waals surface area contributed by atoms with Crippen LogP contribution in [-0.4, -0.2) is 24.3 Å². The average Bonchev–Trinajstić information content (AvgIpc) is 2.11. The third kappa shape index (κ3) is 5.02. The highest BCUT2D eigenvalue weighted by Gasteiger charge is 2.26. The van der Waals surface area contributed by atoms with Crippen molar-refractivity contribution in [2.24, 2.45) is 5.41 Å². The first-order valence-corrected chi connectivity index (χ1v) is 4.77. The van der Waals surface area contributed by atoms with Gasteiger partial charge >= 0.3 is 0 Å². The van der Waals surface area contributed by atoms with Crippen LogP contribution in [0.15, 0.2) is 11.6 Å². The molecule has 0 saturated carbocycles. The summed E-state index contributed by atoms with van der Waals surface area (Å²) in [6.45, 7) is 8.36. The zero-order valence-electron chi connectivity index (χ0n) is 9.41. The lowest BCUT2D eigenvalue weighted by Crippen LogP contribution is -2.33. The van der Waals surface area contributed by atoms with Gasteiger partial charge < -0.3 is 9.84 Å². The molecular formula is C11H20O3. The minimum Gasteiger partial charge on any atom is -0.465 e. The highest BCUT2D eigenvalue weighted by molar-refractivity contribution is 5.36. The summed E-state index contributed by atoms with van der Waals surface area (Å²) in [4.78, 5) is 9.96. The summed E-state index contributed by atoms with van der Waals surface area (Å²) in [5.41, 5.74) is 0.960. The molecule has 0 aliphatic rings. The van der Waals surface area contributed by atoms with Gasteiger partial charge in [0.05, 0.1) is 6.10 Å². The molecule has 0 aromatic carbocycles. The number of allylic oxidation sites excluding steroid dienone is 2. The normalized spacial score (nSPS) is 13.2. The zero-order chi connectivity index (χ0) is 11.2. The van der Waals surface area contributed by atoms with Gasteiger partial charge in [-0.3, -0.25) is 4.79 Å². The van der Waals surface area contributed by atoms with E-state index in [2.05, 4.69) is 10.8 Å². The van der Waals surface area contributed by atoms with Crippen molar-refractivity contribution in [3.63, 3.8) is 0 Å². The van der Waals surface area contributed by atoms with Crippen molar-refractivity contribution >= 4 is 6.47 Å². The topological polar surface area (TPSA) is 46.5 Å². The number of aliphatic hydroxyl groups is 1. The lowest BCUT2D eigenvalue weighted by atomic mass is 9.83. The Kier molecular flexibility index (Phi) is 5.46. The molecule has 1 unspecified atom stereocenters. The van der Waals surface area contributed by atoms with Crippen molar-refractivity contribution in [1.29, 1.82) is 0 Å². The molecule has 0 aromatic rings. The summed E-state index contributed by atoms with van der Waals surface area (Å²) in [5.74, 6) is 0. The Labute approximate surface area is 85.8 Å². The first kappa shape index (κ1) is 13.2. The first-order valence-electron chi connectivity index (χ1n) is 4.77. The predicted octanol–water partition coefficient (Wildman–Crippen LogP) is 1.90. The molecular weight excluding hydrogens is 180 g/mol. The molecule has 0 amide bonds. The van der Waals surface area contributed by atoms with E-state index in [9.17, 15) is 9.90 Å². The fourth-order valence-electron chi connectivity index (χ4n) is 0.959. The van der Waals surface area contributed by atoms with Crippen LogP contribution in [-0.2, 0) is 9.53 Å². The quantitative estimate of drug-likeness (QED) is 0.526. The summed E-state index contributed by atoms with van der Waals surface area (Å²) in [5, 5.41) is 9.71. The molecule has 0 heterocycles. The van der Waals surface area contributed by atoms with E-state index >= 15 is 0 Å². The summed E-state index contributed by atoms with van der Waals surface area (Å²) in [6, 6.07) is 0. The van der Waals surface area contributed by atoms with Gasteiger partial charge in [-0.2, -0.15) is 0 Å². The summed E-state index contributed by atoms with van der Waals surface area (Å²) in [6.07, 6.45) is 2.23. The molecule has 0 radical (unpaired) electrons. The van der Waals surface area contributed by atoms with Gasteiger partial charge in [-0.05, 0) is 25.7 Å². The number of hydrogen-bond donors (Lipinski definition) is 1. The van der Waals surface area contributed by atoms with Crippen molar-refractivity contribution in [2.75, 3.05) is 6.61 Å². The third-order valence-electron chi connectivity index (χ3n) is 2.26. The summed E-state index contributed by atoms with van der Waals surface area (Å²) in [7, 11) is 0. The van der Waals surface area contributed by atoms with Crippen LogP contribution in [0.25, 0.3) is 0 Å². The van der Waals surface area contributed by atoms with Crippen LogP contribution in [0.2, 0.25) is 0 Å². The van der Waals surface area contributed by atoms with Crippen LogP contribution >= 0.6 is 0 Å². The Hall–Kier alpha value is -0.830. The molecule has 0 saturated heterocycles. The standard InChI is InChI=1S/C11H20O3/c1-9(2)5-6-11(3,4)10(13)7-14-8-12/h5,8,10,13H,6-7H2,1-4H3. The van der Waals surface area contributed by atoms with Crippen molar-refractivity contribution in [2.45, 2.75) is 40.2 Å². The van der Waals surface area contributed by atoms with E-state index in [-0.39, 0.29) is 12.0 Å². The number of hydrogen-bond acceptors (Lipinski definition) is 3. The fourth-order valence-corrected chi connectivity index (χ4v) is 0.959. The van der Waals surface area contributed by atoms with Crippen LogP contribution in [0.4, 0.5) is 0 Å². The van der Waals surface area contributed by atoms with Crippen molar-refractivity contribution in [3.8, 4) is 0 Å². The smallest absolute Gasteiger partial charge is 0.293 e.